The Hall–Kier alpha value is -2.73. The highest BCUT2D eigenvalue weighted by Crippen LogP contribution is 2.48. The number of piperidine rings is 1. The summed E-state index contributed by atoms with van der Waals surface area (Å²) in [7, 11) is 0. The molecule has 2 aliphatic heterocycles. The van der Waals surface area contributed by atoms with Crippen LogP contribution in [0, 0.1) is 16.7 Å². The van der Waals surface area contributed by atoms with Crippen molar-refractivity contribution in [2.24, 2.45) is 15.6 Å². The molecule has 0 N–H and O–H groups in total. The molecule has 1 fully saturated rings. The lowest BCUT2D eigenvalue weighted by atomic mass is 9.68. The van der Waals surface area contributed by atoms with E-state index in [0.29, 0.717) is 16.7 Å². The monoisotopic (exact) mass is 420 g/mol. The van der Waals surface area contributed by atoms with E-state index in [1.54, 1.807) is 24.4 Å². The number of carbonyl (C=O) groups is 1. The largest absolute Gasteiger partial charge is 0.522 e. The van der Waals surface area contributed by atoms with E-state index in [4.69, 9.17) is 0 Å². The van der Waals surface area contributed by atoms with E-state index in [1.807, 2.05) is 26.8 Å². The third kappa shape index (κ3) is 4.24. The summed E-state index contributed by atoms with van der Waals surface area (Å²) >= 11 is 0. The number of benzene rings is 1. The molecular weight excluding hydrogens is 397 g/mol. The lowest BCUT2D eigenvalue weighted by molar-refractivity contribution is -0.345. The molecule has 0 saturated carbocycles. The minimum absolute atomic E-state index is 0.0981. The number of rotatable bonds is 3. The second kappa shape index (κ2) is 7.84. The number of carbonyl (C=O) groups excluding carboxylic acids is 1. The second-order valence-electron chi connectivity index (χ2n) is 8.47. The molecule has 1 saturated heterocycles. The molecule has 0 radical (unpaired) electrons. The Morgan fingerprint density at radius 2 is 1.93 bits per heavy atom. The van der Waals surface area contributed by atoms with Crippen LogP contribution < -0.4 is 0 Å². The molecule has 9 heteroatoms. The Labute approximate surface area is 173 Å². The Bertz CT molecular complexity index is 906. The van der Waals surface area contributed by atoms with Crippen LogP contribution in [-0.2, 0) is 10.3 Å². The molecule has 2 heterocycles. The summed E-state index contributed by atoms with van der Waals surface area (Å²) in [4.78, 5) is 14.8. The molecule has 1 amide bonds. The highest BCUT2D eigenvalue weighted by molar-refractivity contribution is 5.96. The molecule has 3 rings (SSSR count). The van der Waals surface area contributed by atoms with Gasteiger partial charge in [0.25, 0.3) is 5.91 Å². The van der Waals surface area contributed by atoms with Crippen LogP contribution in [0.15, 0.2) is 40.7 Å². The Kier molecular flexibility index (Phi) is 5.74. The number of nitriles is 1. The number of hydrogen-bond acceptors (Lipinski definition) is 5. The first kappa shape index (κ1) is 22.0. The first-order chi connectivity index (χ1) is 14.0. The van der Waals surface area contributed by atoms with Gasteiger partial charge in [-0.15, -0.1) is 13.2 Å². The van der Waals surface area contributed by atoms with Crippen LogP contribution in [0.1, 0.15) is 55.1 Å². The molecule has 2 aliphatic rings. The summed E-state index contributed by atoms with van der Waals surface area (Å²) in [5.41, 5.74) is -0.0595. The smallest absolute Gasteiger partial charge is 0.338 e. The minimum Gasteiger partial charge on any atom is -0.338 e. The average molecular weight is 420 g/mol. The maximum Gasteiger partial charge on any atom is 0.522 e. The molecule has 1 unspecified atom stereocenters. The maximum atomic E-state index is 13.3. The predicted octanol–water partition coefficient (Wildman–Crippen LogP) is 4.92. The molecule has 0 aliphatic carbocycles. The summed E-state index contributed by atoms with van der Waals surface area (Å²) in [5.74, 6) is -0.306. The number of azo groups is 1. The zero-order chi connectivity index (χ0) is 22.2. The molecule has 0 bridgehead atoms. The van der Waals surface area contributed by atoms with Gasteiger partial charge in [-0.25, -0.2) is 0 Å². The lowest BCUT2D eigenvalue weighted by Gasteiger charge is -2.39. The van der Waals surface area contributed by atoms with Gasteiger partial charge in [-0.2, -0.15) is 15.5 Å². The van der Waals surface area contributed by atoms with Crippen molar-refractivity contribution < 1.29 is 22.7 Å². The van der Waals surface area contributed by atoms with Crippen molar-refractivity contribution in [1.29, 1.82) is 5.26 Å². The van der Waals surface area contributed by atoms with E-state index in [1.165, 1.54) is 4.90 Å². The van der Waals surface area contributed by atoms with E-state index in [9.17, 15) is 23.2 Å². The number of ether oxygens (including phenoxy) is 1. The highest BCUT2D eigenvalue weighted by atomic mass is 19.4. The summed E-state index contributed by atoms with van der Waals surface area (Å²) in [5, 5.41) is 17.8. The van der Waals surface area contributed by atoms with Gasteiger partial charge in [-0.1, -0.05) is 20.8 Å². The van der Waals surface area contributed by atoms with Crippen molar-refractivity contribution in [3.05, 3.63) is 47.2 Å². The zero-order valence-electron chi connectivity index (χ0n) is 17.0. The predicted molar refractivity (Wildman–Crippen MR) is 102 cm³/mol. The number of amides is 1. The third-order valence-electron chi connectivity index (χ3n) is 5.56. The lowest BCUT2D eigenvalue weighted by Crippen LogP contribution is -2.44. The first-order valence-corrected chi connectivity index (χ1v) is 9.65. The molecule has 1 aromatic carbocycles. The van der Waals surface area contributed by atoms with Crippen LogP contribution in [0.3, 0.4) is 0 Å². The SMILES string of the molecule is CC(C)(C)C1(c2cc(C#N)ccc2C(=O)N2CCC(OC(F)(F)F)CC2)C=CN=N1. The Morgan fingerprint density at radius 3 is 2.43 bits per heavy atom. The van der Waals surface area contributed by atoms with Crippen LogP contribution in [0.2, 0.25) is 0 Å². The van der Waals surface area contributed by atoms with E-state index < -0.39 is 23.4 Å². The number of halogens is 3. The average Bonchev–Trinajstić information content (AvgIpc) is 3.17. The van der Waals surface area contributed by atoms with Gasteiger partial charge < -0.3 is 4.90 Å². The van der Waals surface area contributed by atoms with Crippen molar-refractivity contribution in [2.75, 3.05) is 13.1 Å². The Morgan fingerprint density at radius 1 is 1.27 bits per heavy atom. The molecule has 1 aromatic rings. The maximum absolute atomic E-state index is 13.3. The summed E-state index contributed by atoms with van der Waals surface area (Å²) in [6, 6.07) is 6.88. The van der Waals surface area contributed by atoms with Gasteiger partial charge >= 0.3 is 6.36 Å². The van der Waals surface area contributed by atoms with Gasteiger partial charge in [-0.05, 0) is 48.1 Å². The van der Waals surface area contributed by atoms with E-state index in [-0.39, 0.29) is 31.8 Å². The molecule has 1 atom stereocenters. The van der Waals surface area contributed by atoms with Crippen LogP contribution in [-0.4, -0.2) is 36.4 Å². The van der Waals surface area contributed by atoms with Crippen molar-refractivity contribution in [2.45, 2.75) is 51.6 Å². The van der Waals surface area contributed by atoms with Crippen LogP contribution in [0.25, 0.3) is 0 Å². The normalized spacial score (nSPS) is 22.4. The van der Waals surface area contributed by atoms with Crippen LogP contribution >= 0.6 is 0 Å². The van der Waals surface area contributed by atoms with Crippen molar-refractivity contribution in [3.63, 3.8) is 0 Å². The summed E-state index contributed by atoms with van der Waals surface area (Å²) < 4.78 is 41.5. The molecule has 6 nitrogen and oxygen atoms in total. The summed E-state index contributed by atoms with van der Waals surface area (Å²) in [6.07, 6.45) is -2.07. The second-order valence-corrected chi connectivity index (χ2v) is 8.47. The fraction of sp³-hybridized carbons (Fsp3) is 0.524. The van der Waals surface area contributed by atoms with Gasteiger partial charge in [0.1, 0.15) is 5.54 Å². The molecule has 0 aromatic heterocycles. The van der Waals surface area contributed by atoms with Crippen LogP contribution in [0.5, 0.6) is 0 Å². The van der Waals surface area contributed by atoms with Crippen molar-refractivity contribution >= 4 is 5.91 Å². The molecule has 30 heavy (non-hydrogen) atoms. The Balaban J connectivity index is 1.92. The first-order valence-electron chi connectivity index (χ1n) is 9.65. The van der Waals surface area contributed by atoms with Gasteiger partial charge in [-0.3, -0.25) is 9.53 Å². The van der Waals surface area contributed by atoms with E-state index in [2.05, 4.69) is 21.0 Å². The zero-order valence-corrected chi connectivity index (χ0v) is 17.0. The van der Waals surface area contributed by atoms with Gasteiger partial charge in [0, 0.05) is 24.9 Å². The number of nitrogens with zero attached hydrogens (tertiary/aromatic N) is 4. The molecular formula is C21H23F3N4O2. The fourth-order valence-electron chi connectivity index (χ4n) is 3.90. The van der Waals surface area contributed by atoms with Gasteiger partial charge in [0.05, 0.1) is 17.7 Å². The highest BCUT2D eigenvalue weighted by Gasteiger charge is 2.46. The van der Waals surface area contributed by atoms with Crippen molar-refractivity contribution in [3.8, 4) is 6.07 Å². The van der Waals surface area contributed by atoms with E-state index in [0.717, 1.165) is 0 Å². The minimum atomic E-state index is -4.68. The molecule has 160 valence electrons. The summed E-state index contributed by atoms with van der Waals surface area (Å²) in [6.45, 7) is 6.21. The number of likely N-dealkylation sites (tertiary alicyclic amines) is 1. The fourth-order valence-corrected chi connectivity index (χ4v) is 3.90. The quantitative estimate of drug-likeness (QED) is 0.696. The molecule has 0 spiro atoms. The number of hydrogen-bond donors (Lipinski definition) is 0. The third-order valence-corrected chi connectivity index (χ3v) is 5.56. The van der Waals surface area contributed by atoms with Gasteiger partial charge in [0.2, 0.25) is 0 Å². The van der Waals surface area contributed by atoms with E-state index >= 15 is 0 Å². The van der Waals surface area contributed by atoms with Gasteiger partial charge in [0.15, 0.2) is 0 Å². The topological polar surface area (TPSA) is 78.0 Å². The van der Waals surface area contributed by atoms with Crippen LogP contribution in [0.4, 0.5) is 13.2 Å². The standard InChI is InChI=1S/C21H23F3N4O2/c1-19(2,3)20(8-9-26-27-20)17-12-14(13-25)4-5-16(17)18(29)28-10-6-15(7-11-28)30-21(22,23)24/h4-5,8-9,12,15H,6-7,10-11H2,1-3H3. The van der Waals surface area contributed by atoms with Crippen molar-refractivity contribution in [1.82, 2.24) is 4.90 Å². The number of alkyl halides is 3.